The zero-order chi connectivity index (χ0) is 33.1. The average molecular weight is 670 g/mol. The summed E-state index contributed by atoms with van der Waals surface area (Å²) in [5, 5.41) is 32.7. The van der Waals surface area contributed by atoms with E-state index in [1.807, 2.05) is 11.6 Å². The number of nitrogen functional groups attached to an aromatic ring is 1. The van der Waals surface area contributed by atoms with Gasteiger partial charge in [0.1, 0.15) is 28.9 Å². The van der Waals surface area contributed by atoms with Gasteiger partial charge in [0.25, 0.3) is 0 Å². The molecule has 0 amide bonds. The Morgan fingerprint density at radius 3 is 2.73 bits per heavy atom. The van der Waals surface area contributed by atoms with E-state index in [1.54, 1.807) is 11.3 Å². The molecule has 4 aromatic rings. The number of nitriles is 1. The molecule has 0 bridgehead atoms. The molecule has 1 spiro atoms. The van der Waals surface area contributed by atoms with E-state index < -0.39 is 11.0 Å². The summed E-state index contributed by atoms with van der Waals surface area (Å²) in [4.78, 5) is 16.4. The van der Waals surface area contributed by atoms with Crippen LogP contribution >= 0.6 is 11.3 Å². The first-order valence-corrected chi connectivity index (χ1v) is 18.4. The monoisotopic (exact) mass is 669 g/mol. The lowest BCUT2D eigenvalue weighted by molar-refractivity contribution is 0.0321. The molecule has 5 aliphatic rings. The number of nitrogens with zero attached hydrogens (tertiary/aromatic N) is 8. The van der Waals surface area contributed by atoms with Crippen molar-refractivity contribution in [2.24, 2.45) is 0 Å². The summed E-state index contributed by atoms with van der Waals surface area (Å²) in [5.41, 5.74) is 9.14. The first-order chi connectivity index (χ1) is 23.1. The number of likely N-dealkylation sites (tertiary alicyclic amines) is 1. The van der Waals surface area contributed by atoms with Crippen molar-refractivity contribution >= 4 is 33.2 Å². The third kappa shape index (κ3) is 4.24. The zero-order valence-electron chi connectivity index (χ0n) is 28.1. The summed E-state index contributed by atoms with van der Waals surface area (Å²) in [5.74, 6) is 2.62. The number of ether oxygens (including phenoxy) is 1. The summed E-state index contributed by atoms with van der Waals surface area (Å²) in [6.07, 6.45) is 9.14. The Morgan fingerprint density at radius 1 is 1.15 bits per heavy atom. The summed E-state index contributed by atoms with van der Waals surface area (Å²) in [7, 11) is 2.20. The van der Waals surface area contributed by atoms with Crippen LogP contribution in [0.4, 0.5) is 10.8 Å². The Kier molecular flexibility index (Phi) is 6.72. The van der Waals surface area contributed by atoms with Gasteiger partial charge in [0.2, 0.25) is 5.88 Å². The number of aliphatic hydroxyl groups is 1. The van der Waals surface area contributed by atoms with Crippen LogP contribution in [0.1, 0.15) is 106 Å². The zero-order valence-corrected chi connectivity index (χ0v) is 28.9. The smallest absolute Gasteiger partial charge is 0.246 e. The molecule has 4 aromatic heterocycles. The molecular formula is C35H43N9O3S. The van der Waals surface area contributed by atoms with Crippen LogP contribution in [0.5, 0.6) is 5.88 Å². The van der Waals surface area contributed by atoms with E-state index in [1.165, 1.54) is 4.88 Å². The molecule has 6 atom stereocenters. The number of anilines is 2. The second-order valence-corrected chi connectivity index (χ2v) is 16.4. The fourth-order valence-electron chi connectivity index (χ4n) is 9.60. The van der Waals surface area contributed by atoms with E-state index in [9.17, 15) is 10.4 Å². The van der Waals surface area contributed by atoms with Gasteiger partial charge in [-0.2, -0.15) is 5.26 Å². The normalized spacial score (nSPS) is 30.4. The van der Waals surface area contributed by atoms with E-state index in [2.05, 4.69) is 36.8 Å². The van der Waals surface area contributed by atoms with Crippen molar-refractivity contribution in [1.29, 1.82) is 5.26 Å². The van der Waals surface area contributed by atoms with Crippen molar-refractivity contribution < 1.29 is 14.4 Å². The Morgan fingerprint density at radius 2 is 1.96 bits per heavy atom. The largest absolute Gasteiger partial charge is 0.474 e. The maximum Gasteiger partial charge on any atom is 0.246 e. The average Bonchev–Trinajstić information content (AvgIpc) is 3.81. The van der Waals surface area contributed by atoms with Crippen LogP contribution in [0.15, 0.2) is 4.52 Å². The van der Waals surface area contributed by atoms with Crippen LogP contribution in [0.2, 0.25) is 0 Å². The van der Waals surface area contributed by atoms with Gasteiger partial charge in [-0.25, -0.2) is 14.6 Å². The van der Waals surface area contributed by atoms with Crippen LogP contribution in [0.3, 0.4) is 0 Å². The molecule has 3 aliphatic heterocycles. The summed E-state index contributed by atoms with van der Waals surface area (Å²) in [6.45, 7) is 7.31. The van der Waals surface area contributed by atoms with Gasteiger partial charge in [0.15, 0.2) is 22.9 Å². The van der Waals surface area contributed by atoms with Crippen LogP contribution in [-0.4, -0.2) is 78.8 Å². The van der Waals surface area contributed by atoms with E-state index >= 15 is 0 Å². The first kappa shape index (κ1) is 30.3. The second-order valence-electron chi connectivity index (χ2n) is 15.2. The maximum absolute atomic E-state index is 11.3. The van der Waals surface area contributed by atoms with E-state index in [0.717, 1.165) is 91.5 Å². The third-order valence-electron chi connectivity index (χ3n) is 12.3. The Hall–Kier alpha value is -3.73. The number of hydrogen-bond acceptors (Lipinski definition) is 12. The van der Waals surface area contributed by atoms with Crippen molar-refractivity contribution in [3.8, 4) is 23.5 Å². The molecule has 7 heterocycles. The lowest BCUT2D eigenvalue weighted by Gasteiger charge is -2.42. The molecule has 2 aliphatic carbocycles. The van der Waals surface area contributed by atoms with Gasteiger partial charge in [-0.05, 0) is 97.6 Å². The number of nitrogens with two attached hydrogens (primary N) is 1. The van der Waals surface area contributed by atoms with Crippen molar-refractivity contribution in [2.75, 3.05) is 30.8 Å². The van der Waals surface area contributed by atoms with Gasteiger partial charge in [-0.1, -0.05) is 5.16 Å². The standard InChI is InChI=1S/C35H43N9O3S/c1-18-9-10-23(42(18)4)19(2)44-32-25-31(43-17-34(3,45)14-11-20(43)16-46-33(25)40-44)38-30(39-32)27-21-7-5-12-35(28(21)47-41-27)13-6-8-24-26(35)22(15-36)29(37)48-24/h18-20,23,45H,5-14,16-17,37H2,1-4H3/t18-,19+,20-,23+,34-,35+/m1/s1. The highest BCUT2D eigenvalue weighted by Crippen LogP contribution is 2.55. The number of hydrogen-bond donors (Lipinski definition) is 2. The summed E-state index contributed by atoms with van der Waals surface area (Å²) < 4.78 is 14.8. The minimum Gasteiger partial charge on any atom is -0.474 e. The molecule has 9 rings (SSSR count). The van der Waals surface area contributed by atoms with Crippen LogP contribution in [0.25, 0.3) is 22.6 Å². The number of piperidine rings is 1. The molecule has 0 saturated carbocycles. The maximum atomic E-state index is 11.3. The summed E-state index contributed by atoms with van der Waals surface area (Å²) in [6, 6.07) is 3.32. The number of aryl methyl sites for hydroxylation is 1. The fourth-order valence-corrected chi connectivity index (χ4v) is 10.8. The SMILES string of the molecule is C[C@@H]1CC[C@@H]([C@H](C)n2nc3c4c(nc(-c5noc6c5CCC[C@@]65CCCc6sc(N)c(C#N)c65)nc42)N2C[C@](C)(O)CC[C@@H]2CO3)N1C. The van der Waals surface area contributed by atoms with Gasteiger partial charge in [-0.15, -0.1) is 16.4 Å². The van der Waals surface area contributed by atoms with Gasteiger partial charge in [-0.3, -0.25) is 4.90 Å². The van der Waals surface area contributed by atoms with Crippen molar-refractivity contribution in [3.63, 3.8) is 0 Å². The summed E-state index contributed by atoms with van der Waals surface area (Å²) >= 11 is 1.55. The Labute approximate surface area is 283 Å². The third-order valence-corrected chi connectivity index (χ3v) is 13.3. The lowest BCUT2D eigenvalue weighted by atomic mass is 9.63. The van der Waals surface area contributed by atoms with Gasteiger partial charge < -0.3 is 25.0 Å². The van der Waals surface area contributed by atoms with Crippen molar-refractivity contribution in [3.05, 3.63) is 27.3 Å². The molecule has 0 radical (unpaired) electrons. The highest BCUT2D eigenvalue weighted by molar-refractivity contribution is 7.16. The molecule has 48 heavy (non-hydrogen) atoms. The predicted octanol–water partition coefficient (Wildman–Crippen LogP) is 5.11. The quantitative estimate of drug-likeness (QED) is 0.299. The molecule has 13 heteroatoms. The van der Waals surface area contributed by atoms with Crippen LogP contribution in [0, 0.1) is 11.3 Å². The minimum atomic E-state index is -0.858. The molecule has 2 fully saturated rings. The van der Waals surface area contributed by atoms with Gasteiger partial charge in [0, 0.05) is 29.1 Å². The fraction of sp³-hybridized carbons (Fsp3) is 0.629. The molecular weight excluding hydrogens is 627 g/mol. The molecule has 0 aromatic carbocycles. The Bertz CT molecular complexity index is 1990. The van der Waals surface area contributed by atoms with Crippen LogP contribution < -0.4 is 15.4 Å². The highest BCUT2D eigenvalue weighted by Gasteiger charge is 2.49. The topological polar surface area (TPSA) is 155 Å². The molecule has 3 N–H and O–H groups in total. The predicted molar refractivity (Wildman–Crippen MR) is 182 cm³/mol. The number of rotatable bonds is 3. The van der Waals surface area contributed by atoms with E-state index in [0.29, 0.717) is 59.6 Å². The molecule has 12 nitrogen and oxygen atoms in total. The van der Waals surface area contributed by atoms with Crippen molar-refractivity contribution in [1.82, 2.24) is 29.8 Å². The number of fused-ring (bicyclic) bond motifs is 6. The molecule has 252 valence electrons. The van der Waals surface area contributed by atoms with Gasteiger partial charge in [0.05, 0.1) is 28.7 Å². The van der Waals surface area contributed by atoms with E-state index in [4.69, 9.17) is 35.2 Å². The molecule has 2 saturated heterocycles. The lowest BCUT2D eigenvalue weighted by Crippen LogP contribution is -2.53. The van der Waals surface area contributed by atoms with Gasteiger partial charge >= 0.3 is 0 Å². The van der Waals surface area contributed by atoms with Crippen molar-refractivity contribution in [2.45, 2.75) is 120 Å². The van der Waals surface area contributed by atoms with Crippen LogP contribution in [-0.2, 0) is 18.3 Å². The number of thiophene rings is 1. The molecule has 0 unspecified atom stereocenters. The minimum absolute atomic E-state index is 0.0405. The van der Waals surface area contributed by atoms with E-state index in [-0.39, 0.29) is 12.1 Å². The second kappa shape index (κ2) is 10.6. The number of likely N-dealkylation sites (N-methyl/N-ethyl adjacent to an activating group) is 1. The number of aromatic nitrogens is 5. The highest BCUT2D eigenvalue weighted by atomic mass is 32.1. The first-order valence-electron chi connectivity index (χ1n) is 17.6. The Balaban J connectivity index is 1.24.